The number of allylic oxidation sites excluding steroid dienone is 7. The van der Waals surface area contributed by atoms with E-state index in [9.17, 15) is 4.79 Å². The lowest BCUT2D eigenvalue weighted by atomic mass is 9.71. The molecule has 0 amide bonds. The molecule has 23 heavy (non-hydrogen) atoms. The van der Waals surface area contributed by atoms with E-state index in [0.717, 1.165) is 18.4 Å². The van der Waals surface area contributed by atoms with Gasteiger partial charge in [-0.15, -0.1) is 0 Å². The lowest BCUT2D eigenvalue weighted by molar-refractivity contribution is -0.134. The van der Waals surface area contributed by atoms with E-state index in [2.05, 4.69) is 38.5 Å². The molecule has 0 N–H and O–H groups in total. The highest BCUT2D eigenvalue weighted by molar-refractivity contribution is 5.83. The molecule has 2 heteroatoms. The fourth-order valence-corrected chi connectivity index (χ4v) is 3.29. The lowest BCUT2D eigenvalue weighted by Crippen LogP contribution is -2.20. The van der Waals surface area contributed by atoms with Crippen LogP contribution >= 0.6 is 0 Å². The van der Waals surface area contributed by atoms with Gasteiger partial charge in [0, 0.05) is 6.08 Å². The highest BCUT2D eigenvalue weighted by Gasteiger charge is 2.27. The first-order chi connectivity index (χ1) is 10.8. The van der Waals surface area contributed by atoms with Gasteiger partial charge in [-0.25, -0.2) is 4.79 Å². The second kappa shape index (κ2) is 8.90. The maximum atomic E-state index is 11.1. The molecule has 0 saturated carbocycles. The summed E-state index contributed by atoms with van der Waals surface area (Å²) in [5, 5.41) is 0. The van der Waals surface area contributed by atoms with Crippen molar-refractivity contribution in [3.05, 3.63) is 46.6 Å². The molecule has 2 nitrogen and oxygen atoms in total. The fourth-order valence-electron chi connectivity index (χ4n) is 3.29. The van der Waals surface area contributed by atoms with E-state index in [-0.39, 0.29) is 5.97 Å². The molecule has 0 aromatic heterocycles. The van der Waals surface area contributed by atoms with Crippen LogP contribution in [0.25, 0.3) is 0 Å². The summed E-state index contributed by atoms with van der Waals surface area (Å²) < 4.78 is 4.61. The standard InChI is InChI=1S/C21H32O2/c1-16(9-7-10-17(2)15-20(22)23-6)12-13-19-18(3)11-8-14-21(19,4)5/h7,9-10,15H,8,11-14H2,1-6H3. The molecule has 0 heterocycles. The smallest absolute Gasteiger partial charge is 0.330 e. The van der Waals surface area contributed by atoms with E-state index >= 15 is 0 Å². The van der Waals surface area contributed by atoms with Crippen LogP contribution in [0.15, 0.2) is 46.6 Å². The van der Waals surface area contributed by atoms with E-state index in [1.165, 1.54) is 38.0 Å². The second-order valence-corrected chi connectivity index (χ2v) is 7.28. The Labute approximate surface area is 142 Å². The zero-order valence-electron chi connectivity index (χ0n) is 15.7. The van der Waals surface area contributed by atoms with Gasteiger partial charge in [0.2, 0.25) is 0 Å². The number of ether oxygens (including phenoxy) is 1. The maximum absolute atomic E-state index is 11.1. The molecule has 1 rings (SSSR count). The van der Waals surface area contributed by atoms with Crippen molar-refractivity contribution in [2.45, 2.75) is 66.7 Å². The van der Waals surface area contributed by atoms with Crippen LogP contribution in [-0.4, -0.2) is 13.1 Å². The summed E-state index contributed by atoms with van der Waals surface area (Å²) in [4.78, 5) is 11.1. The van der Waals surface area contributed by atoms with Gasteiger partial charge in [0.1, 0.15) is 0 Å². The Bertz CT molecular complexity index is 542. The molecular formula is C21H32O2. The normalized spacial score (nSPS) is 19.4. The van der Waals surface area contributed by atoms with Crippen LogP contribution in [0, 0.1) is 5.41 Å². The van der Waals surface area contributed by atoms with Crippen molar-refractivity contribution in [3.63, 3.8) is 0 Å². The third-order valence-electron chi connectivity index (χ3n) is 4.74. The van der Waals surface area contributed by atoms with E-state index in [4.69, 9.17) is 0 Å². The third kappa shape index (κ3) is 6.60. The highest BCUT2D eigenvalue weighted by atomic mass is 16.5. The average molecular weight is 316 g/mol. The van der Waals surface area contributed by atoms with Gasteiger partial charge in [0.15, 0.2) is 0 Å². The number of methoxy groups -OCH3 is 1. The molecule has 0 radical (unpaired) electrons. The third-order valence-corrected chi connectivity index (χ3v) is 4.74. The molecule has 0 fully saturated rings. The highest BCUT2D eigenvalue weighted by Crippen LogP contribution is 2.42. The number of hydrogen-bond donors (Lipinski definition) is 0. The van der Waals surface area contributed by atoms with Gasteiger partial charge >= 0.3 is 5.97 Å². The van der Waals surface area contributed by atoms with Crippen LogP contribution in [-0.2, 0) is 9.53 Å². The molecule has 0 bridgehead atoms. The molecule has 0 spiro atoms. The zero-order chi connectivity index (χ0) is 17.5. The van der Waals surface area contributed by atoms with Crippen LogP contribution in [0.3, 0.4) is 0 Å². The van der Waals surface area contributed by atoms with Crippen molar-refractivity contribution < 1.29 is 9.53 Å². The van der Waals surface area contributed by atoms with Gasteiger partial charge in [-0.2, -0.15) is 0 Å². The Morgan fingerprint density at radius 1 is 1.30 bits per heavy atom. The molecule has 0 unspecified atom stereocenters. The summed E-state index contributed by atoms with van der Waals surface area (Å²) in [6.45, 7) is 11.1. The van der Waals surface area contributed by atoms with Crippen LogP contribution in [0.5, 0.6) is 0 Å². The van der Waals surface area contributed by atoms with Crippen molar-refractivity contribution in [1.29, 1.82) is 0 Å². The largest absolute Gasteiger partial charge is 0.466 e. The minimum Gasteiger partial charge on any atom is -0.466 e. The van der Waals surface area contributed by atoms with Gasteiger partial charge in [-0.05, 0) is 63.9 Å². The topological polar surface area (TPSA) is 26.3 Å². The molecule has 0 aromatic carbocycles. The molecule has 0 aromatic rings. The summed E-state index contributed by atoms with van der Waals surface area (Å²) in [6.07, 6.45) is 13.7. The number of carbonyl (C=O) groups excluding carboxylic acids is 1. The predicted molar refractivity (Wildman–Crippen MR) is 98.2 cm³/mol. The van der Waals surface area contributed by atoms with Crippen LogP contribution in [0.2, 0.25) is 0 Å². The van der Waals surface area contributed by atoms with Crippen molar-refractivity contribution in [2.24, 2.45) is 5.41 Å². The Hall–Kier alpha value is -1.57. The van der Waals surface area contributed by atoms with Crippen LogP contribution in [0.4, 0.5) is 0 Å². The summed E-state index contributed by atoms with van der Waals surface area (Å²) in [6, 6.07) is 0. The van der Waals surface area contributed by atoms with Crippen LogP contribution in [0.1, 0.15) is 66.7 Å². The number of esters is 1. The van der Waals surface area contributed by atoms with Crippen molar-refractivity contribution in [1.82, 2.24) is 0 Å². The zero-order valence-corrected chi connectivity index (χ0v) is 15.7. The number of carbonyl (C=O) groups is 1. The first-order valence-corrected chi connectivity index (χ1v) is 8.55. The van der Waals surface area contributed by atoms with Gasteiger partial charge in [-0.1, -0.05) is 48.8 Å². The maximum Gasteiger partial charge on any atom is 0.330 e. The Morgan fingerprint density at radius 3 is 2.61 bits per heavy atom. The minimum atomic E-state index is -0.310. The molecule has 0 saturated heterocycles. The SMILES string of the molecule is COC(=O)C=C(C)C=CC=C(C)CCC1=C(C)CCCC1(C)C. The predicted octanol–water partition coefficient (Wildman–Crippen LogP) is 5.92. The molecule has 0 aliphatic heterocycles. The molecule has 1 aliphatic carbocycles. The minimum absolute atomic E-state index is 0.310. The molecule has 1 aliphatic rings. The van der Waals surface area contributed by atoms with E-state index in [1.54, 1.807) is 11.1 Å². The Kier molecular flexibility index (Phi) is 7.54. The van der Waals surface area contributed by atoms with Crippen molar-refractivity contribution in [2.75, 3.05) is 7.11 Å². The second-order valence-electron chi connectivity index (χ2n) is 7.28. The van der Waals surface area contributed by atoms with E-state index < -0.39 is 0 Å². The van der Waals surface area contributed by atoms with E-state index in [1.807, 2.05) is 19.1 Å². The van der Waals surface area contributed by atoms with Gasteiger partial charge in [0.05, 0.1) is 7.11 Å². The van der Waals surface area contributed by atoms with E-state index in [0.29, 0.717) is 5.41 Å². The molecule has 0 atom stereocenters. The Balaban J connectivity index is 2.61. The molecule has 128 valence electrons. The summed E-state index contributed by atoms with van der Waals surface area (Å²) in [5.41, 5.74) is 5.88. The average Bonchev–Trinajstić information content (AvgIpc) is 2.45. The first-order valence-electron chi connectivity index (χ1n) is 8.55. The summed E-state index contributed by atoms with van der Waals surface area (Å²) >= 11 is 0. The van der Waals surface area contributed by atoms with Gasteiger partial charge in [-0.3, -0.25) is 0 Å². The summed E-state index contributed by atoms with van der Waals surface area (Å²) in [5.74, 6) is -0.310. The van der Waals surface area contributed by atoms with Crippen molar-refractivity contribution >= 4 is 5.97 Å². The monoisotopic (exact) mass is 316 g/mol. The van der Waals surface area contributed by atoms with Crippen LogP contribution < -0.4 is 0 Å². The quantitative estimate of drug-likeness (QED) is 0.263. The fraction of sp³-hybridized carbons (Fsp3) is 0.571. The van der Waals surface area contributed by atoms with Gasteiger partial charge < -0.3 is 4.74 Å². The molecular weight excluding hydrogens is 284 g/mol. The van der Waals surface area contributed by atoms with Gasteiger partial charge in [0.25, 0.3) is 0 Å². The first kappa shape index (κ1) is 19.5. The van der Waals surface area contributed by atoms with Crippen molar-refractivity contribution in [3.8, 4) is 0 Å². The Morgan fingerprint density at radius 2 is 2.00 bits per heavy atom. The summed E-state index contributed by atoms with van der Waals surface area (Å²) in [7, 11) is 1.39. The number of rotatable bonds is 6. The lowest BCUT2D eigenvalue weighted by Gasteiger charge is -2.34. The number of hydrogen-bond acceptors (Lipinski definition) is 2.